The smallest absolute Gasteiger partial charge is 0.112 e. The van der Waals surface area contributed by atoms with Crippen molar-refractivity contribution >= 4 is 11.6 Å². The number of imidazole rings is 1. The molecule has 2 aromatic rings. The van der Waals surface area contributed by atoms with Crippen LogP contribution < -0.4 is 5.73 Å². The van der Waals surface area contributed by atoms with Crippen LogP contribution in [0.2, 0.25) is 5.02 Å². The Morgan fingerprint density at radius 1 is 1.44 bits per heavy atom. The molecule has 16 heavy (non-hydrogen) atoms. The van der Waals surface area contributed by atoms with Crippen molar-refractivity contribution in [3.05, 3.63) is 52.6 Å². The molecule has 0 aliphatic heterocycles. The number of benzene rings is 1. The second-order valence-electron chi connectivity index (χ2n) is 3.76. The van der Waals surface area contributed by atoms with Gasteiger partial charge in [-0.3, -0.25) is 0 Å². The molecule has 0 aliphatic rings. The fourth-order valence-electron chi connectivity index (χ4n) is 1.60. The van der Waals surface area contributed by atoms with Crippen molar-refractivity contribution in [2.75, 3.05) is 0 Å². The summed E-state index contributed by atoms with van der Waals surface area (Å²) in [4.78, 5) is 4.27. The van der Waals surface area contributed by atoms with Crippen LogP contribution in [0.4, 0.5) is 0 Å². The predicted octanol–water partition coefficient (Wildman–Crippen LogP) is 2.12. The Kier molecular flexibility index (Phi) is 3.27. The van der Waals surface area contributed by atoms with Crippen molar-refractivity contribution in [3.63, 3.8) is 0 Å². The van der Waals surface area contributed by atoms with Crippen LogP contribution in [-0.2, 0) is 20.0 Å². The molecule has 0 atom stereocenters. The van der Waals surface area contributed by atoms with Gasteiger partial charge in [0.2, 0.25) is 0 Å². The fourth-order valence-corrected chi connectivity index (χ4v) is 1.87. The zero-order chi connectivity index (χ0) is 11.5. The van der Waals surface area contributed by atoms with Crippen LogP contribution >= 0.6 is 11.6 Å². The number of halogens is 1. The molecular formula is C12H14ClN3. The Morgan fingerprint density at radius 2 is 2.25 bits per heavy atom. The Balaban J connectivity index is 2.25. The number of hydrogen-bond acceptors (Lipinski definition) is 2. The molecular weight excluding hydrogens is 222 g/mol. The van der Waals surface area contributed by atoms with E-state index < -0.39 is 0 Å². The number of rotatable bonds is 3. The zero-order valence-electron chi connectivity index (χ0n) is 9.15. The highest BCUT2D eigenvalue weighted by molar-refractivity contribution is 6.31. The van der Waals surface area contributed by atoms with Crippen molar-refractivity contribution in [1.82, 2.24) is 9.55 Å². The third-order valence-corrected chi connectivity index (χ3v) is 2.97. The molecule has 0 saturated carbocycles. The van der Waals surface area contributed by atoms with E-state index in [0.29, 0.717) is 6.54 Å². The molecule has 1 aromatic carbocycles. The largest absolute Gasteiger partial charge is 0.338 e. The SMILES string of the molecule is Cn1ccnc1Cc1ccc(CN)cc1Cl. The van der Waals surface area contributed by atoms with E-state index >= 15 is 0 Å². The highest BCUT2D eigenvalue weighted by Gasteiger charge is 2.05. The highest BCUT2D eigenvalue weighted by Crippen LogP contribution is 2.20. The lowest BCUT2D eigenvalue weighted by atomic mass is 10.1. The second kappa shape index (κ2) is 4.68. The van der Waals surface area contributed by atoms with Gasteiger partial charge in [0.15, 0.2) is 0 Å². The number of nitrogens with zero attached hydrogens (tertiary/aromatic N) is 2. The molecule has 0 fully saturated rings. The quantitative estimate of drug-likeness (QED) is 0.886. The highest BCUT2D eigenvalue weighted by atomic mass is 35.5. The van der Waals surface area contributed by atoms with Crippen LogP contribution in [0.25, 0.3) is 0 Å². The fraction of sp³-hybridized carbons (Fsp3) is 0.250. The van der Waals surface area contributed by atoms with Gasteiger partial charge in [0.05, 0.1) is 0 Å². The Hall–Kier alpha value is -1.32. The van der Waals surface area contributed by atoms with Crippen LogP contribution in [0.5, 0.6) is 0 Å². The van der Waals surface area contributed by atoms with Gasteiger partial charge in [-0.1, -0.05) is 23.7 Å². The van der Waals surface area contributed by atoms with E-state index in [9.17, 15) is 0 Å². The minimum Gasteiger partial charge on any atom is -0.338 e. The summed E-state index contributed by atoms with van der Waals surface area (Å²) in [5.41, 5.74) is 7.68. The maximum Gasteiger partial charge on any atom is 0.112 e. The summed E-state index contributed by atoms with van der Waals surface area (Å²) in [6.45, 7) is 0.516. The van der Waals surface area contributed by atoms with Gasteiger partial charge < -0.3 is 10.3 Å². The van der Waals surface area contributed by atoms with Crippen molar-refractivity contribution in [3.8, 4) is 0 Å². The first kappa shape index (κ1) is 11.2. The summed E-state index contributed by atoms with van der Waals surface area (Å²) < 4.78 is 1.99. The van der Waals surface area contributed by atoms with Crippen molar-refractivity contribution < 1.29 is 0 Å². The van der Waals surface area contributed by atoms with Gasteiger partial charge in [0, 0.05) is 37.4 Å². The maximum absolute atomic E-state index is 6.18. The third-order valence-electron chi connectivity index (χ3n) is 2.62. The molecule has 0 bridgehead atoms. The molecule has 0 saturated heterocycles. The molecule has 0 spiro atoms. The van der Waals surface area contributed by atoms with E-state index in [0.717, 1.165) is 28.4 Å². The number of nitrogens with two attached hydrogens (primary N) is 1. The summed E-state index contributed by atoms with van der Waals surface area (Å²) in [7, 11) is 1.98. The van der Waals surface area contributed by atoms with E-state index in [1.807, 2.05) is 36.0 Å². The van der Waals surface area contributed by atoms with Crippen molar-refractivity contribution in [1.29, 1.82) is 0 Å². The van der Waals surface area contributed by atoms with Crippen LogP contribution in [-0.4, -0.2) is 9.55 Å². The average molecular weight is 236 g/mol. The molecule has 0 unspecified atom stereocenters. The number of hydrogen-bond donors (Lipinski definition) is 1. The molecule has 84 valence electrons. The normalized spacial score (nSPS) is 10.7. The summed E-state index contributed by atoms with van der Waals surface area (Å²) in [5.74, 6) is 1.00. The van der Waals surface area contributed by atoms with Crippen LogP contribution in [0.3, 0.4) is 0 Å². The zero-order valence-corrected chi connectivity index (χ0v) is 9.91. The Bertz CT molecular complexity index is 491. The molecule has 1 aromatic heterocycles. The lowest BCUT2D eigenvalue weighted by Gasteiger charge is -2.06. The molecule has 2 rings (SSSR count). The van der Waals surface area contributed by atoms with Gasteiger partial charge in [-0.2, -0.15) is 0 Å². The molecule has 2 N–H and O–H groups in total. The standard InChI is InChI=1S/C12H14ClN3/c1-16-5-4-15-12(16)7-10-3-2-9(8-14)6-11(10)13/h2-6H,7-8,14H2,1H3. The van der Waals surface area contributed by atoms with Gasteiger partial charge in [0.25, 0.3) is 0 Å². The summed E-state index contributed by atoms with van der Waals surface area (Å²) in [5, 5.41) is 0.756. The lowest BCUT2D eigenvalue weighted by molar-refractivity contribution is 0.821. The summed E-state index contributed by atoms with van der Waals surface area (Å²) in [6.07, 6.45) is 4.46. The van der Waals surface area contributed by atoms with Gasteiger partial charge >= 0.3 is 0 Å². The van der Waals surface area contributed by atoms with E-state index in [4.69, 9.17) is 17.3 Å². The van der Waals surface area contributed by atoms with E-state index in [-0.39, 0.29) is 0 Å². The first-order valence-corrected chi connectivity index (χ1v) is 5.52. The predicted molar refractivity (Wildman–Crippen MR) is 65.4 cm³/mol. The minimum absolute atomic E-state index is 0.516. The summed E-state index contributed by atoms with van der Waals surface area (Å²) >= 11 is 6.18. The van der Waals surface area contributed by atoms with Gasteiger partial charge in [-0.05, 0) is 17.2 Å². The summed E-state index contributed by atoms with van der Waals surface area (Å²) in [6, 6.07) is 5.93. The van der Waals surface area contributed by atoms with Crippen LogP contribution in [0.1, 0.15) is 17.0 Å². The van der Waals surface area contributed by atoms with Crippen molar-refractivity contribution in [2.45, 2.75) is 13.0 Å². The van der Waals surface area contributed by atoms with E-state index in [1.165, 1.54) is 0 Å². The van der Waals surface area contributed by atoms with Crippen LogP contribution in [0, 0.1) is 0 Å². The van der Waals surface area contributed by atoms with Gasteiger partial charge in [-0.25, -0.2) is 4.98 Å². The molecule has 0 aliphatic carbocycles. The van der Waals surface area contributed by atoms with Crippen LogP contribution in [0.15, 0.2) is 30.6 Å². The monoisotopic (exact) mass is 235 g/mol. The van der Waals surface area contributed by atoms with Gasteiger partial charge in [-0.15, -0.1) is 0 Å². The third kappa shape index (κ3) is 2.26. The molecule has 0 amide bonds. The maximum atomic E-state index is 6.18. The molecule has 0 radical (unpaired) electrons. The molecule has 3 nitrogen and oxygen atoms in total. The van der Waals surface area contributed by atoms with Gasteiger partial charge in [0.1, 0.15) is 5.82 Å². The molecule has 4 heteroatoms. The Labute approximate surface area is 99.9 Å². The van der Waals surface area contributed by atoms with E-state index in [1.54, 1.807) is 6.20 Å². The number of aryl methyl sites for hydroxylation is 1. The topological polar surface area (TPSA) is 43.8 Å². The average Bonchev–Trinajstić information content (AvgIpc) is 2.67. The number of aromatic nitrogens is 2. The first-order chi connectivity index (χ1) is 7.70. The second-order valence-corrected chi connectivity index (χ2v) is 4.17. The van der Waals surface area contributed by atoms with Crippen molar-refractivity contribution in [2.24, 2.45) is 12.8 Å². The Morgan fingerprint density at radius 3 is 2.81 bits per heavy atom. The molecule has 1 heterocycles. The first-order valence-electron chi connectivity index (χ1n) is 5.14. The lowest BCUT2D eigenvalue weighted by Crippen LogP contribution is -2.01. The minimum atomic E-state index is 0.516. The van der Waals surface area contributed by atoms with E-state index in [2.05, 4.69) is 4.98 Å².